The van der Waals surface area contributed by atoms with Crippen LogP contribution in [0.3, 0.4) is 0 Å². The highest BCUT2D eigenvalue weighted by Crippen LogP contribution is 2.40. The lowest BCUT2D eigenvalue weighted by Gasteiger charge is -2.38. The van der Waals surface area contributed by atoms with E-state index in [0.29, 0.717) is 24.6 Å². The minimum absolute atomic E-state index is 0.0457. The van der Waals surface area contributed by atoms with E-state index in [4.69, 9.17) is 5.73 Å². The van der Waals surface area contributed by atoms with E-state index >= 15 is 0 Å². The summed E-state index contributed by atoms with van der Waals surface area (Å²) in [6.07, 6.45) is 7.97. The van der Waals surface area contributed by atoms with Crippen molar-refractivity contribution < 1.29 is 9.59 Å². The van der Waals surface area contributed by atoms with E-state index in [1.807, 2.05) is 55.3 Å². The van der Waals surface area contributed by atoms with Gasteiger partial charge in [-0.15, -0.1) is 10.2 Å². The molecule has 7 nitrogen and oxygen atoms in total. The number of carbonyl (C=O) groups is 2. The molecule has 2 saturated carbocycles. The number of amides is 2. The van der Waals surface area contributed by atoms with Gasteiger partial charge in [0.05, 0.1) is 0 Å². The SMILES string of the molecule is CCC(=O)N(C)[C@H]1CC[C@H](CC(=O)Nc2cc(-c3ccccc3)c(-c3ccc(C4(N)CCC4)cc3)nn2)CC1. The lowest BCUT2D eigenvalue weighted by Crippen LogP contribution is -2.43. The molecule has 2 aliphatic rings. The maximum Gasteiger partial charge on any atom is 0.225 e. The third-order valence-corrected chi connectivity index (χ3v) is 8.66. The van der Waals surface area contributed by atoms with Crippen LogP contribution in [0.5, 0.6) is 0 Å². The van der Waals surface area contributed by atoms with Crippen molar-refractivity contribution in [2.75, 3.05) is 12.4 Å². The Hall–Kier alpha value is -3.58. The first kappa shape index (κ1) is 27.0. The molecule has 5 rings (SSSR count). The van der Waals surface area contributed by atoms with Gasteiger partial charge in [0, 0.05) is 42.6 Å². The number of nitrogens with one attached hydrogen (secondary N) is 1. The van der Waals surface area contributed by atoms with Crippen molar-refractivity contribution in [1.29, 1.82) is 0 Å². The molecule has 0 radical (unpaired) electrons. The number of hydrogen-bond donors (Lipinski definition) is 2. The van der Waals surface area contributed by atoms with Gasteiger partial charge < -0.3 is 16.0 Å². The highest BCUT2D eigenvalue weighted by Gasteiger charge is 2.34. The zero-order chi connectivity index (χ0) is 27.4. The Kier molecular flexibility index (Phi) is 8.07. The number of aromatic nitrogens is 2. The molecule has 0 atom stereocenters. The van der Waals surface area contributed by atoms with Gasteiger partial charge in [0.25, 0.3) is 0 Å². The molecule has 0 bridgehead atoms. The Morgan fingerprint density at radius 1 is 0.974 bits per heavy atom. The van der Waals surface area contributed by atoms with Crippen LogP contribution in [0.4, 0.5) is 5.82 Å². The average molecular weight is 526 g/mol. The molecule has 2 fully saturated rings. The lowest BCUT2D eigenvalue weighted by atomic mass is 9.72. The number of carbonyl (C=O) groups excluding carboxylic acids is 2. The molecule has 0 unspecified atom stereocenters. The van der Waals surface area contributed by atoms with Crippen LogP contribution >= 0.6 is 0 Å². The summed E-state index contributed by atoms with van der Waals surface area (Å²) in [6.45, 7) is 1.90. The Bertz CT molecular complexity index is 1300. The topological polar surface area (TPSA) is 101 Å². The van der Waals surface area contributed by atoms with Gasteiger partial charge in [0.15, 0.2) is 5.82 Å². The Labute approximate surface area is 231 Å². The largest absolute Gasteiger partial charge is 0.343 e. The van der Waals surface area contributed by atoms with Gasteiger partial charge in [-0.1, -0.05) is 61.5 Å². The normalized spacial score (nSPS) is 20.1. The molecule has 3 aromatic rings. The van der Waals surface area contributed by atoms with Gasteiger partial charge in [-0.25, -0.2) is 0 Å². The molecular formula is C32H39N5O2. The van der Waals surface area contributed by atoms with Gasteiger partial charge in [-0.05, 0) is 68.1 Å². The first-order chi connectivity index (χ1) is 18.9. The summed E-state index contributed by atoms with van der Waals surface area (Å²) < 4.78 is 0. The van der Waals surface area contributed by atoms with Crippen molar-refractivity contribution in [3.63, 3.8) is 0 Å². The second kappa shape index (κ2) is 11.7. The summed E-state index contributed by atoms with van der Waals surface area (Å²) in [5, 5.41) is 11.9. The van der Waals surface area contributed by atoms with E-state index in [0.717, 1.165) is 66.5 Å². The second-order valence-electron chi connectivity index (χ2n) is 11.2. The molecular weight excluding hydrogens is 486 g/mol. The van der Waals surface area contributed by atoms with E-state index < -0.39 is 0 Å². The fourth-order valence-electron chi connectivity index (χ4n) is 5.96. The van der Waals surface area contributed by atoms with Gasteiger partial charge >= 0.3 is 0 Å². The molecule has 204 valence electrons. The molecule has 39 heavy (non-hydrogen) atoms. The van der Waals surface area contributed by atoms with Crippen LogP contribution in [0.25, 0.3) is 22.4 Å². The van der Waals surface area contributed by atoms with Crippen LogP contribution in [0, 0.1) is 5.92 Å². The monoisotopic (exact) mass is 525 g/mol. The fraction of sp³-hybridized carbons (Fsp3) is 0.438. The molecule has 0 saturated heterocycles. The Morgan fingerprint density at radius 3 is 2.28 bits per heavy atom. The summed E-state index contributed by atoms with van der Waals surface area (Å²) in [6, 6.07) is 20.6. The Balaban J connectivity index is 1.28. The minimum Gasteiger partial charge on any atom is -0.343 e. The standard InChI is InChI=1S/C32H39N5O2/c1-3-30(39)37(2)26-16-10-22(11-17-26)20-29(38)34-28-21-27(23-8-5-4-6-9-23)31(36-35-28)24-12-14-25(15-13-24)32(33)18-7-19-32/h4-6,8-9,12-15,21-22,26H,3,7,10-11,16-20,33H2,1-2H3,(H,34,35,38)/t22-,26-. The summed E-state index contributed by atoms with van der Waals surface area (Å²) in [5.41, 5.74) is 11.1. The third-order valence-electron chi connectivity index (χ3n) is 8.66. The van der Waals surface area contributed by atoms with E-state index in [2.05, 4.69) is 39.8 Å². The maximum atomic E-state index is 13.0. The summed E-state index contributed by atoms with van der Waals surface area (Å²) in [5.74, 6) is 0.907. The van der Waals surface area contributed by atoms with E-state index in [1.165, 1.54) is 6.42 Å². The maximum absolute atomic E-state index is 13.0. The fourth-order valence-corrected chi connectivity index (χ4v) is 5.96. The molecule has 0 spiro atoms. The average Bonchev–Trinajstić information content (AvgIpc) is 2.96. The molecule has 1 aromatic heterocycles. The van der Waals surface area contributed by atoms with Crippen LogP contribution < -0.4 is 11.1 Å². The lowest BCUT2D eigenvalue weighted by molar-refractivity contribution is -0.132. The van der Waals surface area contributed by atoms with Crippen molar-refractivity contribution >= 4 is 17.6 Å². The molecule has 1 heterocycles. The van der Waals surface area contributed by atoms with Crippen LogP contribution in [0.15, 0.2) is 60.7 Å². The molecule has 3 N–H and O–H groups in total. The van der Waals surface area contributed by atoms with E-state index in [9.17, 15) is 9.59 Å². The number of hydrogen-bond acceptors (Lipinski definition) is 5. The zero-order valence-corrected chi connectivity index (χ0v) is 23.0. The van der Waals surface area contributed by atoms with Gasteiger partial charge in [0.1, 0.15) is 5.69 Å². The third kappa shape index (κ3) is 6.04. The van der Waals surface area contributed by atoms with E-state index in [-0.39, 0.29) is 23.4 Å². The smallest absolute Gasteiger partial charge is 0.225 e. The first-order valence-electron chi connectivity index (χ1n) is 14.2. The zero-order valence-electron chi connectivity index (χ0n) is 23.0. The van der Waals surface area contributed by atoms with Crippen molar-refractivity contribution in [3.8, 4) is 22.4 Å². The van der Waals surface area contributed by atoms with Crippen molar-refractivity contribution in [2.45, 2.75) is 76.3 Å². The van der Waals surface area contributed by atoms with Crippen LogP contribution in [-0.4, -0.2) is 40.0 Å². The number of nitrogens with zero attached hydrogens (tertiary/aromatic N) is 3. The van der Waals surface area contributed by atoms with Crippen LogP contribution in [-0.2, 0) is 15.1 Å². The minimum atomic E-state index is -0.206. The van der Waals surface area contributed by atoms with Gasteiger partial charge in [-0.2, -0.15) is 0 Å². The van der Waals surface area contributed by atoms with Crippen molar-refractivity contribution in [3.05, 3.63) is 66.2 Å². The van der Waals surface area contributed by atoms with E-state index in [1.54, 1.807) is 0 Å². The predicted molar refractivity (Wildman–Crippen MR) is 155 cm³/mol. The second-order valence-corrected chi connectivity index (χ2v) is 11.2. The van der Waals surface area contributed by atoms with Crippen LogP contribution in [0.1, 0.15) is 70.3 Å². The quantitative estimate of drug-likeness (QED) is 0.381. The summed E-state index contributed by atoms with van der Waals surface area (Å²) in [4.78, 5) is 26.9. The highest BCUT2D eigenvalue weighted by atomic mass is 16.2. The molecule has 2 aromatic carbocycles. The number of rotatable bonds is 8. The van der Waals surface area contributed by atoms with Crippen molar-refractivity contribution in [2.24, 2.45) is 11.7 Å². The number of anilines is 1. The molecule has 7 heteroatoms. The predicted octanol–water partition coefficient (Wildman–Crippen LogP) is 5.90. The number of benzene rings is 2. The van der Waals surface area contributed by atoms with Gasteiger partial charge in [-0.3, -0.25) is 9.59 Å². The summed E-state index contributed by atoms with van der Waals surface area (Å²) in [7, 11) is 1.90. The van der Waals surface area contributed by atoms with Crippen LogP contribution in [0.2, 0.25) is 0 Å². The molecule has 2 amide bonds. The number of nitrogens with two attached hydrogens (primary N) is 1. The highest BCUT2D eigenvalue weighted by molar-refractivity contribution is 5.91. The Morgan fingerprint density at radius 2 is 1.67 bits per heavy atom. The molecule has 0 aliphatic heterocycles. The first-order valence-corrected chi connectivity index (χ1v) is 14.2. The summed E-state index contributed by atoms with van der Waals surface area (Å²) >= 11 is 0. The molecule has 2 aliphatic carbocycles. The van der Waals surface area contributed by atoms with Crippen molar-refractivity contribution in [1.82, 2.24) is 15.1 Å². The van der Waals surface area contributed by atoms with Gasteiger partial charge in [0.2, 0.25) is 11.8 Å².